The Bertz CT molecular complexity index is 381. The minimum absolute atomic E-state index is 0.590. The molecule has 1 aliphatic rings. The standard InChI is InChI=1S/C13H18N2S2/c1-2-15(9-13(14)16)8-11-7-10-5-3-4-6-12(10)17-11/h3-6,11H,2,7-9H2,1H3,(H2,14,16). The lowest BCUT2D eigenvalue weighted by molar-refractivity contribution is 0.329. The molecular weight excluding hydrogens is 248 g/mol. The Kier molecular flexibility index (Phi) is 4.42. The highest BCUT2D eigenvalue weighted by atomic mass is 32.2. The first-order valence-corrected chi connectivity index (χ1v) is 7.23. The molecule has 0 aromatic heterocycles. The maximum absolute atomic E-state index is 5.61. The highest BCUT2D eigenvalue weighted by Crippen LogP contribution is 2.36. The lowest BCUT2D eigenvalue weighted by Crippen LogP contribution is -2.37. The van der Waals surface area contributed by atoms with Crippen LogP contribution < -0.4 is 5.73 Å². The molecule has 1 atom stereocenters. The quantitative estimate of drug-likeness (QED) is 0.828. The predicted octanol–water partition coefficient (Wildman–Crippen LogP) is 2.31. The maximum Gasteiger partial charge on any atom is 0.0870 e. The van der Waals surface area contributed by atoms with Crippen LogP contribution in [0, 0.1) is 0 Å². The number of thiocarbonyl (C=S) groups is 1. The number of rotatable bonds is 5. The van der Waals surface area contributed by atoms with Crippen molar-refractivity contribution >= 4 is 29.0 Å². The molecule has 17 heavy (non-hydrogen) atoms. The van der Waals surface area contributed by atoms with Crippen molar-refractivity contribution in [3.63, 3.8) is 0 Å². The van der Waals surface area contributed by atoms with Gasteiger partial charge in [0.25, 0.3) is 0 Å². The van der Waals surface area contributed by atoms with Crippen molar-refractivity contribution in [2.24, 2.45) is 5.73 Å². The molecule has 1 aromatic carbocycles. The van der Waals surface area contributed by atoms with Gasteiger partial charge in [-0.3, -0.25) is 4.90 Å². The number of nitrogens with two attached hydrogens (primary N) is 1. The molecule has 0 fully saturated rings. The molecule has 4 heteroatoms. The summed E-state index contributed by atoms with van der Waals surface area (Å²) in [6.07, 6.45) is 1.16. The second-order valence-electron chi connectivity index (χ2n) is 4.35. The SMILES string of the molecule is CCN(CC(N)=S)CC1Cc2ccccc2S1. The van der Waals surface area contributed by atoms with Gasteiger partial charge in [0.15, 0.2) is 0 Å². The summed E-state index contributed by atoms with van der Waals surface area (Å²) < 4.78 is 0. The van der Waals surface area contributed by atoms with Crippen molar-refractivity contribution in [1.29, 1.82) is 0 Å². The predicted molar refractivity (Wildman–Crippen MR) is 78.7 cm³/mol. The summed E-state index contributed by atoms with van der Waals surface area (Å²) in [4.78, 5) is 4.35. The smallest absolute Gasteiger partial charge is 0.0870 e. The fraction of sp³-hybridized carbons (Fsp3) is 0.462. The number of hydrogen-bond donors (Lipinski definition) is 1. The Labute approximate surface area is 113 Å². The third-order valence-corrected chi connectivity index (χ3v) is 4.43. The van der Waals surface area contributed by atoms with E-state index in [1.165, 1.54) is 10.5 Å². The molecule has 92 valence electrons. The molecule has 0 radical (unpaired) electrons. The van der Waals surface area contributed by atoms with Crippen LogP contribution in [0.3, 0.4) is 0 Å². The van der Waals surface area contributed by atoms with Gasteiger partial charge in [-0.1, -0.05) is 37.3 Å². The molecule has 0 bridgehead atoms. The molecule has 2 rings (SSSR count). The summed E-state index contributed by atoms with van der Waals surface area (Å²) in [6, 6.07) is 8.67. The highest BCUT2D eigenvalue weighted by molar-refractivity contribution is 8.00. The van der Waals surface area contributed by atoms with Gasteiger partial charge in [-0.05, 0) is 24.6 Å². The van der Waals surface area contributed by atoms with Gasteiger partial charge in [-0.15, -0.1) is 11.8 Å². The first-order chi connectivity index (χ1) is 8.19. The Morgan fingerprint density at radius 2 is 2.29 bits per heavy atom. The van der Waals surface area contributed by atoms with E-state index in [0.717, 1.165) is 26.1 Å². The summed E-state index contributed by atoms with van der Waals surface area (Å²) in [5.74, 6) is 0. The van der Waals surface area contributed by atoms with Crippen molar-refractivity contribution < 1.29 is 0 Å². The van der Waals surface area contributed by atoms with Gasteiger partial charge in [0, 0.05) is 23.2 Å². The molecule has 1 heterocycles. The van der Waals surface area contributed by atoms with Gasteiger partial charge in [-0.25, -0.2) is 0 Å². The van der Waals surface area contributed by atoms with Crippen LogP contribution in [0.5, 0.6) is 0 Å². The van der Waals surface area contributed by atoms with Gasteiger partial charge in [0.05, 0.1) is 4.99 Å². The average molecular weight is 266 g/mol. The summed E-state index contributed by atoms with van der Waals surface area (Å²) in [5, 5.41) is 0.640. The van der Waals surface area contributed by atoms with Crippen LogP contribution in [0.15, 0.2) is 29.2 Å². The van der Waals surface area contributed by atoms with E-state index in [1.807, 2.05) is 11.8 Å². The fourth-order valence-electron chi connectivity index (χ4n) is 2.17. The second kappa shape index (κ2) is 5.85. The van der Waals surface area contributed by atoms with Crippen LogP contribution in [-0.2, 0) is 6.42 Å². The van der Waals surface area contributed by atoms with E-state index < -0.39 is 0 Å². The normalized spacial score (nSPS) is 18.4. The van der Waals surface area contributed by atoms with E-state index in [9.17, 15) is 0 Å². The molecular formula is C13H18N2S2. The Hall–Kier alpha value is -0.580. The topological polar surface area (TPSA) is 29.3 Å². The monoisotopic (exact) mass is 266 g/mol. The van der Waals surface area contributed by atoms with Crippen LogP contribution in [-0.4, -0.2) is 34.8 Å². The van der Waals surface area contributed by atoms with Crippen molar-refractivity contribution in [1.82, 2.24) is 4.90 Å². The number of fused-ring (bicyclic) bond motifs is 1. The largest absolute Gasteiger partial charge is 0.392 e. The van der Waals surface area contributed by atoms with Gasteiger partial charge < -0.3 is 5.73 Å². The number of benzene rings is 1. The molecule has 2 N–H and O–H groups in total. The highest BCUT2D eigenvalue weighted by Gasteiger charge is 2.23. The zero-order valence-electron chi connectivity index (χ0n) is 10.1. The second-order valence-corrected chi connectivity index (χ2v) is 6.21. The van der Waals surface area contributed by atoms with Crippen LogP contribution in [0.25, 0.3) is 0 Å². The molecule has 1 aromatic rings. The Balaban J connectivity index is 1.92. The third kappa shape index (κ3) is 3.44. The molecule has 0 amide bonds. The van der Waals surface area contributed by atoms with Crippen molar-refractivity contribution in [2.45, 2.75) is 23.5 Å². The zero-order valence-corrected chi connectivity index (χ0v) is 11.7. The average Bonchev–Trinajstić information content (AvgIpc) is 2.69. The van der Waals surface area contributed by atoms with Gasteiger partial charge >= 0.3 is 0 Å². The van der Waals surface area contributed by atoms with E-state index >= 15 is 0 Å². The third-order valence-electron chi connectivity index (χ3n) is 3.00. The molecule has 2 nitrogen and oxygen atoms in total. The summed E-state index contributed by atoms with van der Waals surface area (Å²) in [6.45, 7) is 4.96. The number of hydrogen-bond acceptors (Lipinski definition) is 3. The molecule has 0 aliphatic carbocycles. The van der Waals surface area contributed by atoms with Gasteiger partial charge in [0.1, 0.15) is 0 Å². The molecule has 1 aliphatic heterocycles. The minimum atomic E-state index is 0.590. The summed E-state index contributed by atoms with van der Waals surface area (Å²) in [5.41, 5.74) is 7.09. The van der Waals surface area contributed by atoms with Gasteiger partial charge in [0.2, 0.25) is 0 Å². The van der Waals surface area contributed by atoms with Crippen LogP contribution in [0.4, 0.5) is 0 Å². The van der Waals surface area contributed by atoms with E-state index in [-0.39, 0.29) is 0 Å². The van der Waals surface area contributed by atoms with E-state index in [0.29, 0.717) is 10.2 Å². The Morgan fingerprint density at radius 1 is 1.53 bits per heavy atom. The van der Waals surface area contributed by atoms with Crippen LogP contribution in [0.2, 0.25) is 0 Å². The van der Waals surface area contributed by atoms with Crippen molar-refractivity contribution in [3.05, 3.63) is 29.8 Å². The summed E-state index contributed by atoms with van der Waals surface area (Å²) in [7, 11) is 0. The van der Waals surface area contributed by atoms with Gasteiger partial charge in [-0.2, -0.15) is 0 Å². The molecule has 0 saturated carbocycles. The van der Waals surface area contributed by atoms with Crippen LogP contribution in [0.1, 0.15) is 12.5 Å². The molecule has 1 unspecified atom stereocenters. The number of likely N-dealkylation sites (N-methyl/N-ethyl adjacent to an activating group) is 1. The fourth-order valence-corrected chi connectivity index (χ4v) is 3.72. The number of thioether (sulfide) groups is 1. The maximum atomic E-state index is 5.61. The van der Waals surface area contributed by atoms with E-state index in [2.05, 4.69) is 36.1 Å². The zero-order chi connectivity index (χ0) is 12.3. The first kappa shape index (κ1) is 12.9. The Morgan fingerprint density at radius 3 is 2.94 bits per heavy atom. The lowest BCUT2D eigenvalue weighted by atomic mass is 10.1. The molecule has 0 saturated heterocycles. The minimum Gasteiger partial charge on any atom is -0.392 e. The lowest BCUT2D eigenvalue weighted by Gasteiger charge is -2.22. The molecule has 0 spiro atoms. The van der Waals surface area contributed by atoms with E-state index in [4.69, 9.17) is 18.0 Å². The first-order valence-electron chi connectivity index (χ1n) is 5.94. The van der Waals surface area contributed by atoms with Crippen molar-refractivity contribution in [2.75, 3.05) is 19.6 Å². The van der Waals surface area contributed by atoms with Crippen molar-refractivity contribution in [3.8, 4) is 0 Å². The number of nitrogens with zero attached hydrogens (tertiary/aromatic N) is 1. The van der Waals surface area contributed by atoms with Crippen LogP contribution >= 0.6 is 24.0 Å². The summed E-state index contributed by atoms with van der Waals surface area (Å²) >= 11 is 6.96. The van der Waals surface area contributed by atoms with E-state index in [1.54, 1.807) is 0 Å².